The van der Waals surface area contributed by atoms with E-state index in [4.69, 9.17) is 0 Å². The third-order valence-corrected chi connectivity index (χ3v) is 18.7. The van der Waals surface area contributed by atoms with E-state index in [9.17, 15) is 87.7 Å². The fourth-order valence-electron chi connectivity index (χ4n) is 10.4. The van der Waals surface area contributed by atoms with E-state index in [1.54, 1.807) is 73.6 Å². The Hall–Kier alpha value is -2.76. The van der Waals surface area contributed by atoms with Crippen molar-refractivity contribution in [2.75, 3.05) is 29.5 Å². The molecule has 0 amide bonds. The molecular weight excluding hydrogens is 1210 g/mol. The van der Waals surface area contributed by atoms with Crippen LogP contribution in [0.2, 0.25) is 0 Å². The number of rotatable bonds is 21. The molecule has 2 aliphatic heterocycles. The molecule has 7 rings (SSSR count). The summed E-state index contributed by atoms with van der Waals surface area (Å²) in [6, 6.07) is 15.5. The Morgan fingerprint density at radius 2 is 1.21 bits per heavy atom. The number of aliphatic carboxylic acids is 1. The fourth-order valence-corrected chi connectivity index (χ4v) is 14.0. The van der Waals surface area contributed by atoms with Crippen molar-refractivity contribution in [3.05, 3.63) is 125 Å². The Morgan fingerprint density at radius 1 is 0.630 bits per heavy atom. The first-order chi connectivity index (χ1) is 35.8. The van der Waals surface area contributed by atoms with E-state index in [-0.39, 0.29) is 159 Å². The number of carboxylic acid groups (broad SMARTS) is 1. The fraction of sp³-hybridized carbons (Fsp3) is 0.320. The molecule has 2 aliphatic rings. The van der Waals surface area contributed by atoms with E-state index in [0.29, 0.717) is 59.6 Å². The maximum atomic E-state index is 12.7. The van der Waals surface area contributed by atoms with Gasteiger partial charge in [0, 0.05) is 70.8 Å². The Kier molecular flexibility index (Phi) is 22.8. The van der Waals surface area contributed by atoms with Gasteiger partial charge >= 0.3 is 94.6 Å². The summed E-state index contributed by atoms with van der Waals surface area (Å²) in [6.07, 6.45) is 7.24. The Morgan fingerprint density at radius 3 is 1.79 bits per heavy atom. The SMILES string of the molecule is CC1(C)C(/C=C/C(=C/C=C2/N(CCCS(=O)(=O)[O-])c3ccc4c(S(=O)(=O)[O-])cc(S(=O)(=O)[O-])cc4c3C2(C)C)c2cccc(CCCCC(=O)O)c2)=[N+](CCCS(=O)(=O)[O-])c2ccc3c(S(=O)(=O)O)cc(S(=O)(=O)O)cc3c21.[Na+].[Na+].[Na+]. The minimum atomic E-state index is -5.41. The normalized spacial score (nSPS) is 16.1. The van der Waals surface area contributed by atoms with Crippen LogP contribution in [0.4, 0.5) is 11.4 Å². The van der Waals surface area contributed by atoms with Crippen molar-refractivity contribution >= 4 is 111 Å². The van der Waals surface area contributed by atoms with Crippen LogP contribution in [0, 0.1) is 0 Å². The van der Waals surface area contributed by atoms with Crippen LogP contribution in [0.25, 0.3) is 27.1 Å². The maximum Gasteiger partial charge on any atom is 1.00 e. The standard InChI is InChI=1S/C50H54N2O20S6.3Na/c1-49(2)44(51(22-8-24-73(55,56)57)40-18-16-36-38(47(40)49)27-34(75(61,62)63)29-42(36)77(67,68)69)20-14-32(33-12-7-11-31(26-33)10-5-6-13-46(53)54)15-21-45-50(3,4)48-39-28-35(76(64,65)66)30-43(78(70,71)72)37(39)17-19-41(48)52(45)23-9-25-74(58,59)60;;;/h7,11-12,14-21,26-30H,5-6,8-10,13,22-25H2,1-4H3,(H6-,53,54,55,56,57,58,59,60,61,62,63,64,65,66,67,68,69,70,71,72);;;/q;3*+1/p-3. The van der Waals surface area contributed by atoms with Crippen molar-refractivity contribution < 1.29 is 181 Å². The average Bonchev–Trinajstić information content (AvgIpc) is 3.65. The number of anilines is 1. The molecule has 0 bridgehead atoms. The van der Waals surface area contributed by atoms with Crippen LogP contribution < -0.4 is 93.6 Å². The molecule has 0 saturated heterocycles. The van der Waals surface area contributed by atoms with Crippen molar-refractivity contribution in [2.24, 2.45) is 0 Å². The molecule has 0 fully saturated rings. The van der Waals surface area contributed by atoms with E-state index in [0.717, 1.165) is 17.7 Å². The van der Waals surface area contributed by atoms with Gasteiger partial charge in [-0.15, -0.1) is 0 Å². The number of allylic oxidation sites excluding steroid dienone is 6. The predicted molar refractivity (Wildman–Crippen MR) is 282 cm³/mol. The molecule has 5 aromatic carbocycles. The number of carbonyl (C=O) groups is 1. The second kappa shape index (κ2) is 26.1. The second-order valence-electron chi connectivity index (χ2n) is 19.8. The zero-order valence-electron chi connectivity index (χ0n) is 44.9. The molecule has 22 nitrogen and oxygen atoms in total. The van der Waals surface area contributed by atoms with Gasteiger partial charge in [0.15, 0.2) is 5.71 Å². The van der Waals surface area contributed by atoms with E-state index in [2.05, 4.69) is 0 Å². The van der Waals surface area contributed by atoms with Crippen LogP contribution in [0.3, 0.4) is 0 Å². The molecule has 0 aromatic heterocycles. The summed E-state index contributed by atoms with van der Waals surface area (Å²) in [6.45, 7) is 6.36. The van der Waals surface area contributed by atoms with Gasteiger partial charge in [0.1, 0.15) is 31.7 Å². The molecule has 5 aromatic rings. The summed E-state index contributed by atoms with van der Waals surface area (Å²) in [7, 11) is -30.6. The van der Waals surface area contributed by atoms with Crippen molar-refractivity contribution in [3.8, 4) is 0 Å². The first kappa shape index (κ1) is 70.7. The Balaban J connectivity index is 0.00000470. The first-order valence-corrected chi connectivity index (χ1v) is 32.5. The van der Waals surface area contributed by atoms with E-state index in [1.165, 1.54) is 24.3 Å². The van der Waals surface area contributed by atoms with Gasteiger partial charge in [-0.1, -0.05) is 50.3 Å². The number of hydrogen-bond acceptors (Lipinski definition) is 18. The van der Waals surface area contributed by atoms with Crippen LogP contribution in [-0.4, -0.2) is 124 Å². The molecule has 81 heavy (non-hydrogen) atoms. The van der Waals surface area contributed by atoms with Crippen molar-refractivity contribution in [3.63, 3.8) is 0 Å². The molecule has 31 heteroatoms. The molecule has 420 valence electrons. The first-order valence-electron chi connectivity index (χ1n) is 23.6. The molecule has 0 aliphatic carbocycles. The van der Waals surface area contributed by atoms with Gasteiger partial charge in [-0.25, -0.2) is 33.7 Å². The van der Waals surface area contributed by atoms with Crippen molar-refractivity contribution in [2.45, 2.75) is 96.6 Å². The third kappa shape index (κ3) is 16.2. The van der Waals surface area contributed by atoms with Crippen LogP contribution in [0.5, 0.6) is 0 Å². The van der Waals surface area contributed by atoms with Gasteiger partial charge < -0.3 is 28.2 Å². The molecule has 3 N–H and O–H groups in total. The second-order valence-corrected chi connectivity index (χ2v) is 28.4. The Labute approximate surface area is 536 Å². The van der Waals surface area contributed by atoms with Gasteiger partial charge in [0.05, 0.1) is 40.3 Å². The monoisotopic (exact) mass is 1260 g/mol. The Bertz CT molecular complexity index is 4200. The van der Waals surface area contributed by atoms with Crippen molar-refractivity contribution in [1.29, 1.82) is 0 Å². The van der Waals surface area contributed by atoms with Crippen molar-refractivity contribution in [1.82, 2.24) is 0 Å². The zero-order valence-corrected chi connectivity index (χ0v) is 55.8. The average molecular weight is 1260 g/mol. The number of hydrogen-bond donors (Lipinski definition) is 3. The van der Waals surface area contributed by atoms with E-state index in [1.807, 2.05) is 12.1 Å². The number of fused-ring (bicyclic) bond motifs is 6. The van der Waals surface area contributed by atoms with E-state index >= 15 is 0 Å². The van der Waals surface area contributed by atoms with Crippen LogP contribution in [-0.2, 0) is 82.8 Å². The minimum Gasteiger partial charge on any atom is -0.748 e. The largest absolute Gasteiger partial charge is 1.00 e. The molecule has 0 spiro atoms. The van der Waals surface area contributed by atoms with Gasteiger partial charge in [-0.2, -0.15) is 21.4 Å². The quantitative estimate of drug-likeness (QED) is 0.0213. The summed E-state index contributed by atoms with van der Waals surface area (Å²) >= 11 is 0. The number of nitrogens with zero attached hydrogens (tertiary/aromatic N) is 2. The molecule has 0 radical (unpaired) electrons. The van der Waals surface area contributed by atoms with Gasteiger partial charge in [-0.05, 0) is 127 Å². The zero-order chi connectivity index (χ0) is 57.9. The number of carboxylic acids is 1. The van der Waals surface area contributed by atoms with Gasteiger partial charge in [0.2, 0.25) is 5.69 Å². The summed E-state index contributed by atoms with van der Waals surface area (Å²) in [5, 5.41) is 8.73. The van der Waals surface area contributed by atoms with Gasteiger partial charge in [-0.3, -0.25) is 13.9 Å². The number of unbranched alkanes of at least 4 members (excludes halogenated alkanes) is 1. The van der Waals surface area contributed by atoms with Crippen LogP contribution in [0.15, 0.2) is 122 Å². The molecule has 0 atom stereocenters. The van der Waals surface area contributed by atoms with Gasteiger partial charge in [0.25, 0.3) is 20.2 Å². The summed E-state index contributed by atoms with van der Waals surface area (Å²) in [5.41, 5.74) is 0.895. The minimum absolute atomic E-state index is 0. The topological polar surface area (TPSA) is 381 Å². The van der Waals surface area contributed by atoms with Crippen LogP contribution >= 0.6 is 0 Å². The predicted octanol–water partition coefficient (Wildman–Crippen LogP) is -3.33. The number of benzene rings is 5. The molecule has 0 saturated carbocycles. The molecule has 2 heterocycles. The molecular formula is C50H51N2Na3O20S6. The summed E-state index contributed by atoms with van der Waals surface area (Å²) < 4.78 is 219. The third-order valence-electron chi connectivity index (χ3n) is 13.7. The maximum absolute atomic E-state index is 12.7. The number of aryl methyl sites for hydroxylation is 1. The van der Waals surface area contributed by atoms with E-state index < -0.39 is 109 Å². The summed E-state index contributed by atoms with van der Waals surface area (Å²) in [5.74, 6) is -2.61. The summed E-state index contributed by atoms with van der Waals surface area (Å²) in [4.78, 5) is 9.18. The van der Waals surface area contributed by atoms with Crippen LogP contribution in [0.1, 0.15) is 82.1 Å². The smallest absolute Gasteiger partial charge is 0.748 e. The molecule has 0 unspecified atom stereocenters.